The van der Waals surface area contributed by atoms with Gasteiger partial charge in [0.2, 0.25) is 0 Å². The maximum absolute atomic E-state index is 10.7. The molecule has 5 heteroatoms. The van der Waals surface area contributed by atoms with Crippen LogP contribution in [0.5, 0.6) is 0 Å². The molecule has 1 aromatic heterocycles. The van der Waals surface area contributed by atoms with Gasteiger partial charge in [0.05, 0.1) is 17.8 Å². The van der Waals surface area contributed by atoms with Crippen molar-refractivity contribution in [3.63, 3.8) is 0 Å². The lowest BCUT2D eigenvalue weighted by Gasteiger charge is -2.08. The summed E-state index contributed by atoms with van der Waals surface area (Å²) in [5, 5.41) is 9.41. The van der Waals surface area contributed by atoms with Gasteiger partial charge in [-0.25, -0.2) is 4.98 Å². The second-order valence-electron chi connectivity index (χ2n) is 4.15. The molecule has 1 N–H and O–H groups in total. The highest BCUT2D eigenvalue weighted by atomic mass is 35.5. The zero-order valence-corrected chi connectivity index (χ0v) is 10.9. The Morgan fingerprint density at radius 2 is 2.17 bits per heavy atom. The summed E-state index contributed by atoms with van der Waals surface area (Å²) in [6.07, 6.45) is 1.66. The van der Waals surface area contributed by atoms with E-state index in [2.05, 4.69) is 4.98 Å². The minimum Gasteiger partial charge on any atom is -0.481 e. The molecule has 0 amide bonds. The summed E-state index contributed by atoms with van der Waals surface area (Å²) in [7, 11) is 0. The predicted octanol–water partition coefficient (Wildman–Crippen LogP) is 2.77. The van der Waals surface area contributed by atoms with Crippen molar-refractivity contribution in [1.82, 2.24) is 9.55 Å². The monoisotopic (exact) mass is 264 g/mol. The Labute approximate surface area is 110 Å². The minimum atomic E-state index is -0.887. The fourth-order valence-electron chi connectivity index (χ4n) is 1.86. The number of aliphatic carboxylic acids is 1. The summed E-state index contributed by atoms with van der Waals surface area (Å²) in [6, 6.07) is 5.59. The second kappa shape index (κ2) is 4.82. The van der Waals surface area contributed by atoms with Gasteiger partial charge in [-0.3, -0.25) is 4.79 Å². The lowest BCUT2D eigenvalue weighted by atomic mass is 10.2. The van der Waals surface area contributed by atoms with Crippen LogP contribution in [0, 0.1) is 13.8 Å². The number of aromatic nitrogens is 2. The normalized spacial score (nSPS) is 10.6. The molecule has 0 aliphatic heterocycles. The molecule has 1 aromatic carbocycles. The van der Waals surface area contributed by atoms with Crippen molar-refractivity contribution in [2.75, 3.05) is 0 Å². The van der Waals surface area contributed by atoms with Crippen LogP contribution in [0.25, 0.3) is 5.69 Å². The van der Waals surface area contributed by atoms with Gasteiger partial charge in [0.1, 0.15) is 5.82 Å². The Hall–Kier alpha value is -1.81. The lowest BCUT2D eigenvalue weighted by Crippen LogP contribution is -2.00. The summed E-state index contributed by atoms with van der Waals surface area (Å²) in [5.41, 5.74) is 2.52. The van der Waals surface area contributed by atoms with Gasteiger partial charge in [0.25, 0.3) is 0 Å². The Bertz CT molecular complexity index is 605. The third kappa shape index (κ3) is 2.54. The number of halogens is 1. The van der Waals surface area contributed by atoms with Gasteiger partial charge < -0.3 is 9.67 Å². The molecule has 0 atom stereocenters. The predicted molar refractivity (Wildman–Crippen MR) is 69.4 cm³/mol. The van der Waals surface area contributed by atoms with Crippen LogP contribution in [-0.4, -0.2) is 20.6 Å². The third-order valence-corrected chi connectivity index (χ3v) is 2.93. The summed E-state index contributed by atoms with van der Waals surface area (Å²) in [5.74, 6) is -0.140. The Kier molecular flexibility index (Phi) is 3.39. The average molecular weight is 265 g/mol. The minimum absolute atomic E-state index is 0.0759. The zero-order chi connectivity index (χ0) is 13.3. The van der Waals surface area contributed by atoms with E-state index < -0.39 is 5.97 Å². The van der Waals surface area contributed by atoms with Gasteiger partial charge >= 0.3 is 5.97 Å². The standard InChI is InChI=1S/C13H13ClN2O2/c1-8-3-4-10(14)5-12(8)16-7-11(6-13(17)18)15-9(16)2/h3-5,7H,6H2,1-2H3,(H,17,18). The van der Waals surface area contributed by atoms with Gasteiger partial charge in [0.15, 0.2) is 0 Å². The van der Waals surface area contributed by atoms with E-state index in [-0.39, 0.29) is 6.42 Å². The molecule has 0 saturated heterocycles. The van der Waals surface area contributed by atoms with Crippen molar-refractivity contribution in [3.8, 4) is 5.69 Å². The first-order valence-electron chi connectivity index (χ1n) is 5.50. The van der Waals surface area contributed by atoms with Crippen LogP contribution in [0.4, 0.5) is 0 Å². The highest BCUT2D eigenvalue weighted by molar-refractivity contribution is 6.30. The number of nitrogens with zero attached hydrogens (tertiary/aromatic N) is 2. The number of rotatable bonds is 3. The summed E-state index contributed by atoms with van der Waals surface area (Å²) >= 11 is 5.98. The van der Waals surface area contributed by atoms with Crippen molar-refractivity contribution in [1.29, 1.82) is 0 Å². The van der Waals surface area contributed by atoms with E-state index in [0.717, 1.165) is 17.1 Å². The molecular weight excluding hydrogens is 252 g/mol. The number of hydrogen-bond acceptors (Lipinski definition) is 2. The lowest BCUT2D eigenvalue weighted by molar-refractivity contribution is -0.136. The van der Waals surface area contributed by atoms with Crippen LogP contribution in [0.1, 0.15) is 17.1 Å². The maximum atomic E-state index is 10.7. The summed E-state index contributed by atoms with van der Waals surface area (Å²) < 4.78 is 1.86. The average Bonchev–Trinajstić information content (AvgIpc) is 2.62. The molecule has 0 unspecified atom stereocenters. The molecule has 0 spiro atoms. The highest BCUT2D eigenvalue weighted by Gasteiger charge is 2.10. The van der Waals surface area contributed by atoms with Gasteiger partial charge in [-0.2, -0.15) is 0 Å². The SMILES string of the molecule is Cc1ccc(Cl)cc1-n1cc(CC(=O)O)nc1C. The van der Waals surface area contributed by atoms with E-state index in [1.165, 1.54) is 0 Å². The molecule has 2 rings (SSSR count). The molecular formula is C13H13ClN2O2. The Morgan fingerprint density at radius 3 is 2.83 bits per heavy atom. The first kappa shape index (κ1) is 12.6. The van der Waals surface area contributed by atoms with Crippen LogP contribution in [0.3, 0.4) is 0 Å². The number of carbonyl (C=O) groups is 1. The molecule has 1 heterocycles. The second-order valence-corrected chi connectivity index (χ2v) is 4.59. The van der Waals surface area contributed by atoms with E-state index in [9.17, 15) is 4.79 Å². The quantitative estimate of drug-likeness (QED) is 0.927. The Balaban J connectivity index is 2.47. The van der Waals surface area contributed by atoms with Crippen molar-refractivity contribution >= 4 is 17.6 Å². The molecule has 0 bridgehead atoms. The highest BCUT2D eigenvalue weighted by Crippen LogP contribution is 2.21. The molecule has 2 aromatic rings. The van der Waals surface area contributed by atoms with E-state index >= 15 is 0 Å². The van der Waals surface area contributed by atoms with Crippen LogP contribution in [0.2, 0.25) is 5.02 Å². The van der Waals surface area contributed by atoms with Gasteiger partial charge in [0, 0.05) is 11.2 Å². The van der Waals surface area contributed by atoms with Crippen LogP contribution >= 0.6 is 11.6 Å². The number of benzene rings is 1. The molecule has 18 heavy (non-hydrogen) atoms. The molecule has 0 radical (unpaired) electrons. The fraction of sp³-hybridized carbons (Fsp3) is 0.231. The van der Waals surface area contributed by atoms with Crippen molar-refractivity contribution in [3.05, 3.63) is 46.5 Å². The molecule has 0 aliphatic rings. The number of carboxylic acid groups (broad SMARTS) is 1. The zero-order valence-electron chi connectivity index (χ0n) is 10.1. The number of hydrogen-bond donors (Lipinski definition) is 1. The van der Waals surface area contributed by atoms with E-state index in [1.807, 2.05) is 36.6 Å². The van der Waals surface area contributed by atoms with Crippen molar-refractivity contribution in [2.45, 2.75) is 20.3 Å². The fourth-order valence-corrected chi connectivity index (χ4v) is 2.03. The van der Waals surface area contributed by atoms with Gasteiger partial charge in [-0.15, -0.1) is 0 Å². The molecule has 0 saturated carbocycles. The number of imidazole rings is 1. The smallest absolute Gasteiger partial charge is 0.309 e. The van der Waals surface area contributed by atoms with Crippen LogP contribution < -0.4 is 0 Å². The molecule has 94 valence electrons. The van der Waals surface area contributed by atoms with E-state index in [4.69, 9.17) is 16.7 Å². The largest absolute Gasteiger partial charge is 0.481 e. The first-order chi connectivity index (χ1) is 8.47. The van der Waals surface area contributed by atoms with Crippen molar-refractivity contribution in [2.24, 2.45) is 0 Å². The van der Waals surface area contributed by atoms with Crippen molar-refractivity contribution < 1.29 is 9.90 Å². The van der Waals surface area contributed by atoms with E-state index in [0.29, 0.717) is 10.7 Å². The Morgan fingerprint density at radius 1 is 1.44 bits per heavy atom. The van der Waals surface area contributed by atoms with Crippen LogP contribution in [-0.2, 0) is 11.2 Å². The first-order valence-corrected chi connectivity index (χ1v) is 5.88. The summed E-state index contributed by atoms with van der Waals surface area (Å²) in [4.78, 5) is 14.9. The number of aryl methyl sites for hydroxylation is 2. The third-order valence-electron chi connectivity index (χ3n) is 2.70. The molecule has 0 aliphatic carbocycles. The topological polar surface area (TPSA) is 55.1 Å². The maximum Gasteiger partial charge on any atom is 0.309 e. The van der Waals surface area contributed by atoms with E-state index in [1.54, 1.807) is 6.20 Å². The molecule has 4 nitrogen and oxygen atoms in total. The number of carboxylic acids is 1. The summed E-state index contributed by atoms with van der Waals surface area (Å²) in [6.45, 7) is 3.81. The van der Waals surface area contributed by atoms with Crippen LogP contribution in [0.15, 0.2) is 24.4 Å². The van der Waals surface area contributed by atoms with Gasteiger partial charge in [-0.1, -0.05) is 17.7 Å². The molecule has 0 fully saturated rings. The van der Waals surface area contributed by atoms with Gasteiger partial charge in [-0.05, 0) is 31.5 Å².